The molecule has 0 aromatic heterocycles. The fourth-order valence-electron chi connectivity index (χ4n) is 3.33. The molecule has 0 heterocycles. The molecule has 25 heavy (non-hydrogen) atoms. The van der Waals surface area contributed by atoms with Crippen LogP contribution in [0.5, 0.6) is 0 Å². The van der Waals surface area contributed by atoms with Gasteiger partial charge < -0.3 is 9.42 Å². The van der Waals surface area contributed by atoms with E-state index in [0.29, 0.717) is 17.3 Å². The molecule has 3 nitrogen and oxygen atoms in total. The van der Waals surface area contributed by atoms with Gasteiger partial charge in [-0.3, -0.25) is 9.59 Å². The lowest BCUT2D eigenvalue weighted by atomic mass is 10.1. The van der Waals surface area contributed by atoms with Crippen LogP contribution in [0.1, 0.15) is 65.7 Å². The minimum absolute atomic E-state index is 0.0409. The Morgan fingerprint density at radius 1 is 1.04 bits per heavy atom. The van der Waals surface area contributed by atoms with Crippen molar-refractivity contribution in [3.63, 3.8) is 0 Å². The van der Waals surface area contributed by atoms with Gasteiger partial charge in [0.2, 0.25) is 0 Å². The molecule has 1 rings (SSSR count). The topological polar surface area (TPSA) is 46.2 Å². The largest absolute Gasteiger partial charge is 0.351 e. The molecule has 1 amide bonds. The number of benzene rings is 1. The zero-order valence-electron chi connectivity index (χ0n) is 16.8. The van der Waals surface area contributed by atoms with Gasteiger partial charge in [0.05, 0.1) is 0 Å². The van der Waals surface area contributed by atoms with Gasteiger partial charge in [0, 0.05) is 18.0 Å². The summed E-state index contributed by atoms with van der Waals surface area (Å²) in [5, 5.41) is 2.56. The van der Waals surface area contributed by atoms with E-state index in [4.69, 9.17) is 0 Å². The number of Topliss-reactive ketones (excluding diaryl/α,β-unsaturated/α-hetero) is 1. The standard InChI is InChI=1S/C20H32FNO2Si/c1-14(15(2)23)13-22-18(24)16-9-11-17(12-10-16)25(21,19(3,4)5)20(6,7)8/h9-12,14H,13H2,1-8H3,(H,22,24)/t14-/m1/s1. The molecule has 0 radical (unpaired) electrons. The summed E-state index contributed by atoms with van der Waals surface area (Å²) in [5.41, 5.74) is 0.485. The molecule has 0 saturated heterocycles. The molecule has 0 unspecified atom stereocenters. The highest BCUT2D eigenvalue weighted by atomic mass is 28.4. The molecule has 1 atom stereocenters. The van der Waals surface area contributed by atoms with Crippen molar-refractivity contribution in [2.24, 2.45) is 5.92 Å². The lowest BCUT2D eigenvalue weighted by Crippen LogP contribution is -2.57. The Morgan fingerprint density at radius 2 is 1.48 bits per heavy atom. The summed E-state index contributed by atoms with van der Waals surface area (Å²) >= 11 is 0. The van der Waals surface area contributed by atoms with Crippen LogP contribution in [0.4, 0.5) is 4.11 Å². The molecule has 0 spiro atoms. The Bertz CT molecular complexity index is 613. The number of rotatable bonds is 5. The number of halogens is 1. The van der Waals surface area contributed by atoms with Crippen molar-refractivity contribution in [2.45, 2.75) is 65.5 Å². The monoisotopic (exact) mass is 365 g/mol. The molecule has 1 aromatic rings. The second-order valence-electron chi connectivity index (χ2n) is 8.96. The van der Waals surface area contributed by atoms with E-state index in [1.54, 1.807) is 31.2 Å². The molecule has 0 aliphatic rings. The van der Waals surface area contributed by atoms with Gasteiger partial charge in [0.15, 0.2) is 0 Å². The lowest BCUT2D eigenvalue weighted by molar-refractivity contribution is -0.120. The first kappa shape index (κ1) is 21.5. The maximum Gasteiger partial charge on any atom is 0.288 e. The van der Waals surface area contributed by atoms with Gasteiger partial charge in [0.25, 0.3) is 14.3 Å². The van der Waals surface area contributed by atoms with E-state index in [9.17, 15) is 9.59 Å². The molecule has 0 aliphatic carbocycles. The van der Waals surface area contributed by atoms with E-state index in [2.05, 4.69) is 5.32 Å². The van der Waals surface area contributed by atoms with E-state index in [-0.39, 0.29) is 17.6 Å². The maximum absolute atomic E-state index is 16.2. The Kier molecular flexibility index (Phi) is 6.38. The van der Waals surface area contributed by atoms with Crippen molar-refractivity contribution in [1.82, 2.24) is 5.32 Å². The highest BCUT2D eigenvalue weighted by Crippen LogP contribution is 2.51. The average Bonchev–Trinajstić information content (AvgIpc) is 2.49. The summed E-state index contributed by atoms with van der Waals surface area (Å²) in [6.07, 6.45) is 0. The minimum Gasteiger partial charge on any atom is -0.351 e. The number of nitrogens with one attached hydrogen (secondary N) is 1. The van der Waals surface area contributed by atoms with E-state index in [0.717, 1.165) is 0 Å². The Labute approximate surface area is 152 Å². The summed E-state index contributed by atoms with van der Waals surface area (Å²) in [7, 11) is -3.31. The Morgan fingerprint density at radius 3 is 1.84 bits per heavy atom. The summed E-state index contributed by atoms with van der Waals surface area (Å²) in [6, 6.07) is 6.88. The molecule has 0 fully saturated rings. The van der Waals surface area contributed by atoms with Gasteiger partial charge in [0.1, 0.15) is 5.78 Å². The second kappa shape index (κ2) is 7.40. The van der Waals surface area contributed by atoms with E-state index >= 15 is 4.11 Å². The van der Waals surface area contributed by atoms with Crippen molar-refractivity contribution in [3.8, 4) is 0 Å². The summed E-state index contributed by atoms with van der Waals surface area (Å²) in [5.74, 6) is -0.410. The number of carbonyl (C=O) groups is 2. The zero-order chi connectivity index (χ0) is 19.6. The zero-order valence-corrected chi connectivity index (χ0v) is 17.8. The van der Waals surface area contributed by atoms with Crippen molar-refractivity contribution in [1.29, 1.82) is 0 Å². The third-order valence-corrected chi connectivity index (χ3v) is 10.1. The van der Waals surface area contributed by atoms with Gasteiger partial charge in [-0.2, -0.15) is 0 Å². The lowest BCUT2D eigenvalue weighted by Gasteiger charge is -2.44. The third kappa shape index (κ3) is 4.57. The number of ketones is 1. The van der Waals surface area contributed by atoms with Gasteiger partial charge in [-0.05, 0) is 34.3 Å². The average molecular weight is 366 g/mol. The Balaban J connectivity index is 3.05. The van der Waals surface area contributed by atoms with Crippen LogP contribution < -0.4 is 10.5 Å². The maximum atomic E-state index is 16.2. The smallest absolute Gasteiger partial charge is 0.288 e. The summed E-state index contributed by atoms with van der Waals surface area (Å²) < 4.78 is 16.2. The molecular formula is C20H32FNO2Si. The van der Waals surface area contributed by atoms with E-state index in [1.807, 2.05) is 41.5 Å². The molecule has 0 saturated carbocycles. The third-order valence-electron chi connectivity index (χ3n) is 4.87. The molecule has 1 aromatic carbocycles. The van der Waals surface area contributed by atoms with Crippen LogP contribution in [0.15, 0.2) is 24.3 Å². The highest BCUT2D eigenvalue weighted by molar-refractivity contribution is 6.90. The van der Waals surface area contributed by atoms with Crippen molar-refractivity contribution in [2.75, 3.05) is 6.54 Å². The van der Waals surface area contributed by atoms with Crippen LogP contribution in [-0.4, -0.2) is 26.6 Å². The van der Waals surface area contributed by atoms with Crippen LogP contribution in [0.3, 0.4) is 0 Å². The summed E-state index contributed by atoms with van der Waals surface area (Å²) in [6.45, 7) is 15.3. The van der Waals surface area contributed by atoms with Crippen LogP contribution in [-0.2, 0) is 4.79 Å². The van der Waals surface area contributed by atoms with Gasteiger partial charge in [-0.25, -0.2) is 0 Å². The quantitative estimate of drug-likeness (QED) is 0.622. The van der Waals surface area contributed by atoms with Crippen LogP contribution in [0.25, 0.3) is 0 Å². The normalized spacial score (nSPS) is 14.1. The molecule has 0 aliphatic heterocycles. The SMILES string of the molecule is CC(=O)[C@H](C)CNC(=O)c1ccc([Si](F)(C(C)(C)C)C(C)(C)C)cc1. The first-order valence-electron chi connectivity index (χ1n) is 8.80. The van der Waals surface area contributed by atoms with Gasteiger partial charge >= 0.3 is 0 Å². The fourth-order valence-corrected chi connectivity index (χ4v) is 7.94. The van der Waals surface area contributed by atoms with Crippen LogP contribution >= 0.6 is 0 Å². The Hall–Kier alpha value is -1.49. The van der Waals surface area contributed by atoms with Gasteiger partial charge in [-0.1, -0.05) is 60.6 Å². The van der Waals surface area contributed by atoms with Gasteiger partial charge in [-0.15, -0.1) is 0 Å². The number of hydrogen-bond donors (Lipinski definition) is 1. The van der Waals surface area contributed by atoms with E-state index in [1.165, 1.54) is 6.92 Å². The highest BCUT2D eigenvalue weighted by Gasteiger charge is 2.56. The molecule has 0 bridgehead atoms. The number of hydrogen-bond acceptors (Lipinski definition) is 2. The molecular weight excluding hydrogens is 333 g/mol. The minimum atomic E-state index is -3.31. The number of amides is 1. The first-order valence-corrected chi connectivity index (χ1v) is 10.7. The molecule has 5 heteroatoms. The fraction of sp³-hybridized carbons (Fsp3) is 0.600. The first-order chi connectivity index (χ1) is 11.2. The van der Waals surface area contributed by atoms with Crippen LogP contribution in [0.2, 0.25) is 10.1 Å². The number of carbonyl (C=O) groups excluding carboxylic acids is 2. The van der Waals surface area contributed by atoms with Crippen LogP contribution in [0, 0.1) is 5.92 Å². The van der Waals surface area contributed by atoms with Crippen molar-refractivity contribution < 1.29 is 13.7 Å². The predicted molar refractivity (Wildman–Crippen MR) is 105 cm³/mol. The van der Waals surface area contributed by atoms with Crippen molar-refractivity contribution >= 4 is 25.3 Å². The molecule has 1 N–H and O–H groups in total. The second-order valence-corrected chi connectivity index (χ2v) is 13.9. The molecule has 140 valence electrons. The predicted octanol–water partition coefficient (Wildman–Crippen LogP) is 4.36. The van der Waals surface area contributed by atoms with Crippen molar-refractivity contribution in [3.05, 3.63) is 29.8 Å². The van der Waals surface area contributed by atoms with E-state index < -0.39 is 18.5 Å². The summed E-state index contributed by atoms with van der Waals surface area (Å²) in [4.78, 5) is 23.5.